The fourth-order valence-corrected chi connectivity index (χ4v) is 2.92. The Labute approximate surface area is 128 Å². The average molecular weight is 292 g/mol. The molecule has 1 N–H and O–H groups in total. The smallest absolute Gasteiger partial charge is 0.119 e. The van der Waals surface area contributed by atoms with Crippen molar-refractivity contribution in [1.82, 2.24) is 9.80 Å². The fraction of sp³-hybridized carbons (Fsp3) is 0.647. The lowest BCUT2D eigenvalue weighted by Gasteiger charge is -2.21. The molecule has 4 nitrogen and oxygen atoms in total. The second-order valence-electron chi connectivity index (χ2n) is 5.93. The van der Waals surface area contributed by atoms with Crippen LogP contribution in [-0.4, -0.2) is 67.4 Å². The number of ether oxygens (including phenoxy) is 1. The molecule has 1 fully saturated rings. The maximum absolute atomic E-state index is 9.01. The van der Waals surface area contributed by atoms with Gasteiger partial charge in [-0.05, 0) is 56.6 Å². The van der Waals surface area contributed by atoms with Crippen LogP contribution in [0.15, 0.2) is 18.2 Å². The first-order chi connectivity index (χ1) is 10.2. The van der Waals surface area contributed by atoms with E-state index in [9.17, 15) is 0 Å². The number of β-amino-alcohol motifs (C(OH)–C–C–N with tert-alkyl or cyclic N) is 1. The van der Waals surface area contributed by atoms with E-state index in [1.165, 1.54) is 17.5 Å². The van der Waals surface area contributed by atoms with E-state index in [4.69, 9.17) is 9.84 Å². The molecular formula is C17H28N2O2. The maximum atomic E-state index is 9.01. The Kier molecular flexibility index (Phi) is 6.49. The zero-order valence-electron chi connectivity index (χ0n) is 13.3. The summed E-state index contributed by atoms with van der Waals surface area (Å²) >= 11 is 0. The Bertz CT molecular complexity index is 417. The molecule has 0 spiro atoms. The molecular weight excluding hydrogens is 264 g/mol. The molecule has 0 saturated carbocycles. The fourth-order valence-electron chi connectivity index (χ4n) is 2.92. The molecule has 1 aromatic carbocycles. The highest BCUT2D eigenvalue weighted by atomic mass is 16.5. The molecule has 118 valence electrons. The van der Waals surface area contributed by atoms with Crippen molar-refractivity contribution in [3.05, 3.63) is 29.3 Å². The van der Waals surface area contributed by atoms with Crippen molar-refractivity contribution in [3.8, 4) is 5.75 Å². The summed E-state index contributed by atoms with van der Waals surface area (Å²) in [4.78, 5) is 4.80. The number of hydrogen-bond donors (Lipinski definition) is 1. The van der Waals surface area contributed by atoms with Gasteiger partial charge in [0.1, 0.15) is 12.4 Å². The third-order valence-electron chi connectivity index (χ3n) is 3.97. The quantitative estimate of drug-likeness (QED) is 0.865. The van der Waals surface area contributed by atoms with Gasteiger partial charge in [0, 0.05) is 26.2 Å². The molecule has 1 saturated heterocycles. The van der Waals surface area contributed by atoms with Crippen LogP contribution in [-0.2, 0) is 0 Å². The Hall–Kier alpha value is -1.10. The Morgan fingerprint density at radius 1 is 0.952 bits per heavy atom. The third-order valence-corrected chi connectivity index (χ3v) is 3.97. The number of benzene rings is 1. The molecule has 0 unspecified atom stereocenters. The predicted octanol–water partition coefficient (Wildman–Crippen LogP) is 1.68. The predicted molar refractivity (Wildman–Crippen MR) is 86.0 cm³/mol. The minimum atomic E-state index is 0.260. The number of hydrogen-bond acceptors (Lipinski definition) is 4. The zero-order valence-corrected chi connectivity index (χ0v) is 13.3. The zero-order chi connectivity index (χ0) is 15.1. The van der Waals surface area contributed by atoms with E-state index in [-0.39, 0.29) is 6.61 Å². The van der Waals surface area contributed by atoms with Gasteiger partial charge in [0.2, 0.25) is 0 Å². The molecule has 2 rings (SSSR count). The first kappa shape index (κ1) is 16.3. The van der Waals surface area contributed by atoms with Crippen LogP contribution in [0.1, 0.15) is 17.5 Å². The lowest BCUT2D eigenvalue weighted by molar-refractivity contribution is 0.188. The molecule has 0 aliphatic carbocycles. The standard InChI is InChI=1S/C17H28N2O2/c1-15-12-16(2)14-17(13-15)21-11-9-19-5-3-4-18(6-7-19)8-10-20/h12-14,20H,3-11H2,1-2H3. The normalized spacial score (nSPS) is 17.7. The van der Waals surface area contributed by atoms with Crippen LogP contribution in [0.2, 0.25) is 0 Å². The lowest BCUT2D eigenvalue weighted by atomic mass is 10.1. The van der Waals surface area contributed by atoms with Gasteiger partial charge in [-0.25, -0.2) is 0 Å². The molecule has 0 aromatic heterocycles. The summed E-state index contributed by atoms with van der Waals surface area (Å²) < 4.78 is 5.89. The summed E-state index contributed by atoms with van der Waals surface area (Å²) in [5.74, 6) is 0.976. The van der Waals surface area contributed by atoms with Crippen LogP contribution in [0.3, 0.4) is 0 Å². The molecule has 1 aliphatic rings. The first-order valence-electron chi connectivity index (χ1n) is 7.94. The minimum Gasteiger partial charge on any atom is -0.492 e. The molecule has 4 heteroatoms. The molecule has 0 amide bonds. The number of aliphatic hydroxyl groups is 1. The van der Waals surface area contributed by atoms with Crippen molar-refractivity contribution in [2.75, 3.05) is 52.5 Å². The van der Waals surface area contributed by atoms with Gasteiger partial charge in [0.25, 0.3) is 0 Å². The summed E-state index contributed by atoms with van der Waals surface area (Å²) in [5, 5.41) is 9.01. The van der Waals surface area contributed by atoms with Crippen molar-refractivity contribution in [2.45, 2.75) is 20.3 Å². The highest BCUT2D eigenvalue weighted by molar-refractivity contribution is 5.32. The van der Waals surface area contributed by atoms with Crippen molar-refractivity contribution in [3.63, 3.8) is 0 Å². The van der Waals surface area contributed by atoms with Crippen molar-refractivity contribution >= 4 is 0 Å². The van der Waals surface area contributed by atoms with Crippen LogP contribution >= 0.6 is 0 Å². The van der Waals surface area contributed by atoms with Gasteiger partial charge in [-0.2, -0.15) is 0 Å². The lowest BCUT2D eigenvalue weighted by Crippen LogP contribution is -2.34. The molecule has 21 heavy (non-hydrogen) atoms. The van der Waals surface area contributed by atoms with E-state index in [2.05, 4.69) is 41.8 Å². The highest BCUT2D eigenvalue weighted by Crippen LogP contribution is 2.16. The van der Waals surface area contributed by atoms with Crippen molar-refractivity contribution < 1.29 is 9.84 Å². The van der Waals surface area contributed by atoms with Crippen molar-refractivity contribution in [2.24, 2.45) is 0 Å². The second-order valence-corrected chi connectivity index (χ2v) is 5.93. The maximum Gasteiger partial charge on any atom is 0.119 e. The van der Waals surface area contributed by atoms with E-state index in [1.807, 2.05) is 0 Å². The largest absolute Gasteiger partial charge is 0.492 e. The Balaban J connectivity index is 1.73. The van der Waals surface area contributed by atoms with Gasteiger partial charge >= 0.3 is 0 Å². The van der Waals surface area contributed by atoms with E-state index >= 15 is 0 Å². The minimum absolute atomic E-state index is 0.260. The SMILES string of the molecule is Cc1cc(C)cc(OCCN2CCCN(CCO)CC2)c1. The molecule has 1 aliphatic heterocycles. The van der Waals surface area contributed by atoms with Gasteiger partial charge in [-0.3, -0.25) is 9.80 Å². The van der Waals surface area contributed by atoms with Gasteiger partial charge in [0.05, 0.1) is 6.61 Å². The van der Waals surface area contributed by atoms with Gasteiger partial charge in [-0.1, -0.05) is 6.07 Å². The molecule has 1 heterocycles. The number of aryl methyl sites for hydroxylation is 2. The number of aliphatic hydroxyl groups excluding tert-OH is 1. The first-order valence-corrected chi connectivity index (χ1v) is 7.94. The van der Waals surface area contributed by atoms with Crippen LogP contribution in [0.5, 0.6) is 5.75 Å². The Morgan fingerprint density at radius 2 is 1.57 bits per heavy atom. The summed E-state index contributed by atoms with van der Waals surface area (Å²) in [6.45, 7) is 11.3. The van der Waals surface area contributed by atoms with E-state index < -0.39 is 0 Å². The van der Waals surface area contributed by atoms with Gasteiger partial charge in [-0.15, -0.1) is 0 Å². The second kappa shape index (κ2) is 8.37. The van der Waals surface area contributed by atoms with Crippen LogP contribution in [0, 0.1) is 13.8 Å². The monoisotopic (exact) mass is 292 g/mol. The Morgan fingerprint density at radius 3 is 2.19 bits per heavy atom. The van der Waals surface area contributed by atoms with Gasteiger partial charge < -0.3 is 9.84 Å². The van der Waals surface area contributed by atoms with Crippen molar-refractivity contribution in [1.29, 1.82) is 0 Å². The third kappa shape index (κ3) is 5.65. The van der Waals surface area contributed by atoms with Gasteiger partial charge in [0.15, 0.2) is 0 Å². The summed E-state index contributed by atoms with van der Waals surface area (Å²) in [5.41, 5.74) is 2.50. The van der Waals surface area contributed by atoms with E-state index in [0.717, 1.165) is 51.6 Å². The molecule has 1 aromatic rings. The van der Waals surface area contributed by atoms with Crippen LogP contribution in [0.25, 0.3) is 0 Å². The molecule has 0 bridgehead atoms. The van der Waals surface area contributed by atoms with Crippen LogP contribution in [0.4, 0.5) is 0 Å². The number of nitrogens with zero attached hydrogens (tertiary/aromatic N) is 2. The summed E-state index contributed by atoms with van der Waals surface area (Å²) in [6, 6.07) is 6.36. The topological polar surface area (TPSA) is 35.9 Å². The highest BCUT2D eigenvalue weighted by Gasteiger charge is 2.14. The van der Waals surface area contributed by atoms with E-state index in [0.29, 0.717) is 0 Å². The molecule has 0 radical (unpaired) electrons. The number of rotatable bonds is 6. The summed E-state index contributed by atoms with van der Waals surface area (Å²) in [6.07, 6.45) is 1.17. The average Bonchev–Trinajstić information content (AvgIpc) is 2.64. The van der Waals surface area contributed by atoms with E-state index in [1.54, 1.807) is 0 Å². The molecule has 0 atom stereocenters. The summed E-state index contributed by atoms with van der Waals surface area (Å²) in [7, 11) is 0. The van der Waals surface area contributed by atoms with Crippen LogP contribution < -0.4 is 4.74 Å².